The molecule has 6 aromatic rings. The molecule has 0 spiro atoms. The van der Waals surface area contributed by atoms with Crippen molar-refractivity contribution in [2.75, 3.05) is 0 Å². The lowest BCUT2D eigenvalue weighted by Gasteiger charge is -2.14. The molecule has 6 rings (SSSR count). The topological polar surface area (TPSA) is 38.7 Å². The second-order valence-corrected chi connectivity index (χ2v) is 10.5. The first kappa shape index (κ1) is 27.0. The lowest BCUT2D eigenvalue weighted by Crippen LogP contribution is -1.97. The van der Waals surface area contributed by atoms with Crippen LogP contribution in [0.15, 0.2) is 128 Å². The van der Waals surface area contributed by atoms with Gasteiger partial charge in [0.15, 0.2) is 5.82 Å². The molecule has 0 radical (unpaired) electrons. The fraction of sp³-hybridized carbons (Fsp3) is 0.103. The van der Waals surface area contributed by atoms with E-state index in [0.717, 1.165) is 62.4 Å². The SMILES string of the molecule is CC/C=C\c1cc(-c2cc(-c3nc(-c4ccccc4)cc(-c4ccccc4)n3)cc(-c3cccnc3C)c2)ccc1C. The van der Waals surface area contributed by atoms with Gasteiger partial charge in [-0.15, -0.1) is 0 Å². The predicted molar refractivity (Wildman–Crippen MR) is 176 cm³/mol. The summed E-state index contributed by atoms with van der Waals surface area (Å²) in [5, 5.41) is 0. The Kier molecular flexibility index (Phi) is 7.83. The molecule has 3 heteroatoms. The van der Waals surface area contributed by atoms with E-state index in [9.17, 15) is 0 Å². The van der Waals surface area contributed by atoms with E-state index in [-0.39, 0.29) is 0 Å². The standard InChI is InChI=1S/C39H33N3/c1-4-5-13-31-22-32(20-19-27(31)2)33-23-34(36-18-12-21-40-28(36)3)25-35(24-33)39-41-37(29-14-8-6-9-15-29)26-38(42-39)30-16-10-7-11-17-30/h5-26H,4H2,1-3H3/b13-5-. The first-order valence-corrected chi connectivity index (χ1v) is 14.4. The fourth-order valence-electron chi connectivity index (χ4n) is 5.20. The second-order valence-electron chi connectivity index (χ2n) is 10.5. The van der Waals surface area contributed by atoms with Crippen LogP contribution >= 0.6 is 0 Å². The summed E-state index contributed by atoms with van der Waals surface area (Å²) in [7, 11) is 0. The highest BCUT2D eigenvalue weighted by Crippen LogP contribution is 2.35. The lowest BCUT2D eigenvalue weighted by molar-refractivity contribution is 1.18. The summed E-state index contributed by atoms with van der Waals surface area (Å²) in [5.41, 5.74) is 12.8. The summed E-state index contributed by atoms with van der Waals surface area (Å²) in [4.78, 5) is 14.8. The predicted octanol–water partition coefficient (Wildman–Crippen LogP) is 10.2. The third-order valence-electron chi connectivity index (χ3n) is 7.52. The first-order chi connectivity index (χ1) is 20.6. The van der Waals surface area contributed by atoms with Crippen molar-refractivity contribution in [2.45, 2.75) is 27.2 Å². The Morgan fingerprint density at radius 3 is 1.86 bits per heavy atom. The summed E-state index contributed by atoms with van der Waals surface area (Å²) >= 11 is 0. The van der Waals surface area contributed by atoms with E-state index < -0.39 is 0 Å². The molecule has 4 aromatic carbocycles. The zero-order chi connectivity index (χ0) is 28.9. The normalized spacial score (nSPS) is 11.2. The average Bonchev–Trinajstić information content (AvgIpc) is 3.05. The number of rotatable bonds is 7. The largest absolute Gasteiger partial charge is 0.261 e. The van der Waals surface area contributed by atoms with E-state index in [1.165, 1.54) is 11.1 Å². The van der Waals surface area contributed by atoms with E-state index in [0.29, 0.717) is 5.82 Å². The van der Waals surface area contributed by atoms with Crippen LogP contribution in [0.1, 0.15) is 30.2 Å². The molecule has 42 heavy (non-hydrogen) atoms. The number of pyridine rings is 1. The molecule has 0 bridgehead atoms. The fourth-order valence-corrected chi connectivity index (χ4v) is 5.20. The van der Waals surface area contributed by atoms with Crippen LogP contribution in [-0.2, 0) is 0 Å². The third-order valence-corrected chi connectivity index (χ3v) is 7.52. The van der Waals surface area contributed by atoms with E-state index >= 15 is 0 Å². The highest BCUT2D eigenvalue weighted by molar-refractivity contribution is 5.82. The van der Waals surface area contributed by atoms with E-state index in [4.69, 9.17) is 9.97 Å². The maximum absolute atomic E-state index is 5.13. The maximum Gasteiger partial charge on any atom is 0.160 e. The second kappa shape index (κ2) is 12.2. The van der Waals surface area contributed by atoms with Gasteiger partial charge in [0.25, 0.3) is 0 Å². The lowest BCUT2D eigenvalue weighted by atomic mass is 9.93. The van der Waals surface area contributed by atoms with Crippen LogP contribution in [0.5, 0.6) is 0 Å². The van der Waals surface area contributed by atoms with Gasteiger partial charge in [-0.3, -0.25) is 4.98 Å². The molecule has 3 nitrogen and oxygen atoms in total. The zero-order valence-corrected chi connectivity index (χ0v) is 24.3. The molecule has 0 saturated heterocycles. The van der Waals surface area contributed by atoms with Gasteiger partial charge < -0.3 is 0 Å². The highest BCUT2D eigenvalue weighted by atomic mass is 14.9. The number of aromatic nitrogens is 3. The Morgan fingerprint density at radius 1 is 0.571 bits per heavy atom. The van der Waals surface area contributed by atoms with Crippen LogP contribution in [-0.4, -0.2) is 15.0 Å². The third kappa shape index (κ3) is 5.82. The number of nitrogens with zero attached hydrogens (tertiary/aromatic N) is 3. The van der Waals surface area contributed by atoms with Gasteiger partial charge in [0.2, 0.25) is 0 Å². The van der Waals surface area contributed by atoms with Gasteiger partial charge in [0.05, 0.1) is 11.4 Å². The average molecular weight is 544 g/mol. The van der Waals surface area contributed by atoms with Crippen molar-refractivity contribution in [1.82, 2.24) is 15.0 Å². The van der Waals surface area contributed by atoms with Gasteiger partial charge in [-0.2, -0.15) is 0 Å². The molecule has 204 valence electrons. The highest BCUT2D eigenvalue weighted by Gasteiger charge is 2.15. The van der Waals surface area contributed by atoms with E-state index in [2.05, 4.69) is 111 Å². The number of allylic oxidation sites excluding steroid dienone is 1. The number of hydrogen-bond donors (Lipinski definition) is 0. The summed E-state index contributed by atoms with van der Waals surface area (Å²) in [6, 6.07) is 40.2. The molecular weight excluding hydrogens is 510 g/mol. The van der Waals surface area contributed by atoms with Crippen molar-refractivity contribution in [3.8, 4) is 56.2 Å². The molecule has 0 aliphatic carbocycles. The van der Waals surface area contributed by atoms with Crippen LogP contribution in [0.25, 0.3) is 62.2 Å². The van der Waals surface area contributed by atoms with Crippen LogP contribution in [0.2, 0.25) is 0 Å². The van der Waals surface area contributed by atoms with Gasteiger partial charge in [0, 0.05) is 34.1 Å². The van der Waals surface area contributed by atoms with E-state index in [1.54, 1.807) is 0 Å². The minimum absolute atomic E-state index is 0.693. The summed E-state index contributed by atoms with van der Waals surface area (Å²) < 4.78 is 0. The summed E-state index contributed by atoms with van der Waals surface area (Å²) in [6.45, 7) is 6.38. The smallest absolute Gasteiger partial charge is 0.160 e. The molecular formula is C39H33N3. The monoisotopic (exact) mass is 543 g/mol. The first-order valence-electron chi connectivity index (χ1n) is 14.4. The summed E-state index contributed by atoms with van der Waals surface area (Å²) in [5.74, 6) is 0.693. The number of benzene rings is 4. The van der Waals surface area contributed by atoms with Gasteiger partial charge in [-0.1, -0.05) is 97.9 Å². The molecule has 2 aromatic heterocycles. The maximum atomic E-state index is 5.13. The van der Waals surface area contributed by atoms with Gasteiger partial charge in [0.1, 0.15) is 0 Å². The van der Waals surface area contributed by atoms with E-state index in [1.807, 2.05) is 48.7 Å². The molecule has 0 amide bonds. The van der Waals surface area contributed by atoms with Gasteiger partial charge in [-0.25, -0.2) is 9.97 Å². The molecule has 0 atom stereocenters. The van der Waals surface area contributed by atoms with Crippen molar-refractivity contribution >= 4 is 6.08 Å². The molecule has 0 aliphatic rings. The van der Waals surface area contributed by atoms with Crippen molar-refractivity contribution in [3.63, 3.8) is 0 Å². The minimum Gasteiger partial charge on any atom is -0.261 e. The summed E-state index contributed by atoms with van der Waals surface area (Å²) in [6.07, 6.45) is 7.27. The molecule has 0 saturated carbocycles. The Labute approximate surface area is 248 Å². The molecule has 0 unspecified atom stereocenters. The van der Waals surface area contributed by atoms with Crippen molar-refractivity contribution < 1.29 is 0 Å². The minimum atomic E-state index is 0.693. The Balaban J connectivity index is 1.59. The number of aryl methyl sites for hydroxylation is 2. The van der Waals surface area contributed by atoms with Crippen LogP contribution in [0, 0.1) is 13.8 Å². The Hall–Kier alpha value is -5.15. The quantitative estimate of drug-likeness (QED) is 0.201. The van der Waals surface area contributed by atoms with Crippen LogP contribution in [0.3, 0.4) is 0 Å². The van der Waals surface area contributed by atoms with Crippen LogP contribution in [0.4, 0.5) is 0 Å². The molecule has 0 N–H and O–H groups in total. The Bertz CT molecular complexity index is 1810. The Morgan fingerprint density at radius 2 is 1.21 bits per heavy atom. The van der Waals surface area contributed by atoms with Crippen molar-refractivity contribution in [2.24, 2.45) is 0 Å². The number of hydrogen-bond acceptors (Lipinski definition) is 3. The van der Waals surface area contributed by atoms with Crippen molar-refractivity contribution in [3.05, 3.63) is 144 Å². The molecule has 0 fully saturated rings. The van der Waals surface area contributed by atoms with Gasteiger partial charge >= 0.3 is 0 Å². The van der Waals surface area contributed by atoms with Gasteiger partial charge in [-0.05, 0) is 84.5 Å². The van der Waals surface area contributed by atoms with Crippen molar-refractivity contribution in [1.29, 1.82) is 0 Å². The molecule has 2 heterocycles. The van der Waals surface area contributed by atoms with Crippen LogP contribution < -0.4 is 0 Å². The molecule has 0 aliphatic heterocycles. The zero-order valence-electron chi connectivity index (χ0n) is 24.3.